The van der Waals surface area contributed by atoms with E-state index >= 15 is 0 Å². The molecule has 4 nitrogen and oxygen atoms in total. The lowest BCUT2D eigenvalue weighted by Crippen LogP contribution is -2.48. The Morgan fingerprint density at radius 3 is 2.82 bits per heavy atom. The fraction of sp³-hybridized carbons (Fsp3) is 1.00. The summed E-state index contributed by atoms with van der Waals surface area (Å²) in [6, 6.07) is 0.264. The number of aliphatic hydroxyl groups is 2. The smallest absolute Gasteiger partial charge is 0.0589 e. The quantitative estimate of drug-likeness (QED) is 0.754. The molecule has 2 N–H and O–H groups in total. The van der Waals surface area contributed by atoms with E-state index in [4.69, 9.17) is 4.74 Å². The molecule has 0 aliphatic carbocycles. The van der Waals surface area contributed by atoms with Crippen LogP contribution in [0.15, 0.2) is 0 Å². The van der Waals surface area contributed by atoms with Gasteiger partial charge in [-0.15, -0.1) is 0 Å². The topological polar surface area (TPSA) is 52.9 Å². The van der Waals surface area contributed by atoms with E-state index in [0.717, 1.165) is 39.0 Å². The minimum absolute atomic E-state index is 0.101. The van der Waals surface area contributed by atoms with Gasteiger partial charge in [0.15, 0.2) is 0 Å². The molecule has 3 unspecified atom stereocenters. The molecule has 0 saturated carbocycles. The molecule has 2 aliphatic heterocycles. The molecule has 3 atom stereocenters. The summed E-state index contributed by atoms with van der Waals surface area (Å²) in [7, 11) is 0. The molecule has 100 valence electrons. The lowest BCUT2D eigenvalue weighted by Gasteiger charge is -2.40. The van der Waals surface area contributed by atoms with Crippen molar-refractivity contribution in [3.63, 3.8) is 0 Å². The first-order valence-electron chi connectivity index (χ1n) is 6.74. The Morgan fingerprint density at radius 1 is 1.41 bits per heavy atom. The molecule has 4 heteroatoms. The van der Waals surface area contributed by atoms with Gasteiger partial charge in [0.2, 0.25) is 0 Å². The summed E-state index contributed by atoms with van der Waals surface area (Å²) in [5.41, 5.74) is -0.101. The van der Waals surface area contributed by atoms with Gasteiger partial charge in [0.05, 0.1) is 19.8 Å². The van der Waals surface area contributed by atoms with Gasteiger partial charge in [0.25, 0.3) is 0 Å². The highest BCUT2D eigenvalue weighted by Crippen LogP contribution is 2.33. The van der Waals surface area contributed by atoms with Crippen LogP contribution in [0.3, 0.4) is 0 Å². The van der Waals surface area contributed by atoms with Crippen LogP contribution in [0.25, 0.3) is 0 Å². The monoisotopic (exact) mass is 243 g/mol. The molecule has 0 aromatic rings. The average molecular weight is 243 g/mol. The zero-order valence-corrected chi connectivity index (χ0v) is 10.8. The van der Waals surface area contributed by atoms with Crippen LogP contribution in [0, 0.1) is 11.3 Å². The number of hydrogen-bond donors (Lipinski definition) is 2. The maximum Gasteiger partial charge on any atom is 0.0589 e. The van der Waals surface area contributed by atoms with E-state index in [-0.39, 0.29) is 24.7 Å². The molecule has 0 bridgehead atoms. The second-order valence-corrected chi connectivity index (χ2v) is 5.80. The van der Waals surface area contributed by atoms with Crippen molar-refractivity contribution in [2.45, 2.75) is 32.2 Å². The van der Waals surface area contributed by atoms with Crippen LogP contribution in [0.2, 0.25) is 0 Å². The van der Waals surface area contributed by atoms with Crippen molar-refractivity contribution in [1.29, 1.82) is 0 Å². The minimum Gasteiger partial charge on any atom is -0.396 e. The SMILES string of the molecule is CC1CCN(CC2(CO)CCCOC2)C1CO. The number of rotatable bonds is 4. The van der Waals surface area contributed by atoms with Crippen molar-refractivity contribution in [3.8, 4) is 0 Å². The molecule has 2 heterocycles. The summed E-state index contributed by atoms with van der Waals surface area (Å²) in [4.78, 5) is 2.34. The molecule has 0 radical (unpaired) electrons. The molecular weight excluding hydrogens is 218 g/mol. The van der Waals surface area contributed by atoms with Gasteiger partial charge >= 0.3 is 0 Å². The summed E-state index contributed by atoms with van der Waals surface area (Å²) < 4.78 is 5.53. The van der Waals surface area contributed by atoms with Gasteiger partial charge in [-0.25, -0.2) is 0 Å². The first kappa shape index (κ1) is 13.3. The van der Waals surface area contributed by atoms with Gasteiger partial charge in [0, 0.05) is 24.6 Å². The fourth-order valence-electron chi connectivity index (χ4n) is 3.22. The summed E-state index contributed by atoms with van der Waals surface area (Å²) in [6.07, 6.45) is 3.22. The van der Waals surface area contributed by atoms with Crippen molar-refractivity contribution in [3.05, 3.63) is 0 Å². The first-order valence-corrected chi connectivity index (χ1v) is 6.74. The second kappa shape index (κ2) is 5.65. The molecule has 2 saturated heterocycles. The number of nitrogens with zero attached hydrogens (tertiary/aromatic N) is 1. The molecule has 0 amide bonds. The van der Waals surface area contributed by atoms with Crippen LogP contribution in [-0.4, -0.2) is 60.7 Å². The molecule has 17 heavy (non-hydrogen) atoms. The summed E-state index contributed by atoms with van der Waals surface area (Å²) in [5.74, 6) is 0.556. The van der Waals surface area contributed by atoms with Crippen molar-refractivity contribution in [2.75, 3.05) is 39.5 Å². The highest BCUT2D eigenvalue weighted by molar-refractivity contribution is 4.91. The van der Waals surface area contributed by atoms with E-state index < -0.39 is 0 Å². The molecular formula is C13H25NO3. The lowest BCUT2D eigenvalue weighted by atomic mass is 9.82. The van der Waals surface area contributed by atoms with Crippen LogP contribution >= 0.6 is 0 Å². The van der Waals surface area contributed by atoms with E-state index in [9.17, 15) is 10.2 Å². The second-order valence-electron chi connectivity index (χ2n) is 5.80. The minimum atomic E-state index is -0.101. The molecule has 2 rings (SSSR count). The van der Waals surface area contributed by atoms with E-state index in [1.165, 1.54) is 0 Å². The zero-order valence-electron chi connectivity index (χ0n) is 10.8. The van der Waals surface area contributed by atoms with Crippen LogP contribution in [0.1, 0.15) is 26.2 Å². The largest absolute Gasteiger partial charge is 0.396 e. The molecule has 0 aromatic carbocycles. The number of hydrogen-bond acceptors (Lipinski definition) is 4. The average Bonchev–Trinajstić information content (AvgIpc) is 2.71. The summed E-state index contributed by atoms with van der Waals surface area (Å²) >= 11 is 0. The Kier molecular flexibility index (Phi) is 4.42. The van der Waals surface area contributed by atoms with Gasteiger partial charge in [-0.05, 0) is 31.7 Å². The van der Waals surface area contributed by atoms with Gasteiger partial charge in [0.1, 0.15) is 0 Å². The Labute approximate surface area is 104 Å². The van der Waals surface area contributed by atoms with Crippen LogP contribution < -0.4 is 0 Å². The van der Waals surface area contributed by atoms with Crippen LogP contribution in [-0.2, 0) is 4.74 Å². The predicted molar refractivity (Wildman–Crippen MR) is 65.8 cm³/mol. The van der Waals surface area contributed by atoms with Crippen LogP contribution in [0.4, 0.5) is 0 Å². The van der Waals surface area contributed by atoms with Crippen molar-refractivity contribution >= 4 is 0 Å². The first-order chi connectivity index (χ1) is 8.21. The van der Waals surface area contributed by atoms with Gasteiger partial charge in [-0.1, -0.05) is 6.92 Å². The van der Waals surface area contributed by atoms with E-state index in [1.54, 1.807) is 0 Å². The lowest BCUT2D eigenvalue weighted by molar-refractivity contribution is -0.0603. The van der Waals surface area contributed by atoms with Crippen molar-refractivity contribution in [1.82, 2.24) is 4.90 Å². The maximum atomic E-state index is 9.66. The van der Waals surface area contributed by atoms with Crippen molar-refractivity contribution in [2.24, 2.45) is 11.3 Å². The molecule has 2 aliphatic rings. The highest BCUT2D eigenvalue weighted by atomic mass is 16.5. The number of aliphatic hydroxyl groups excluding tert-OH is 2. The summed E-state index contributed by atoms with van der Waals surface area (Å²) in [5, 5.41) is 19.1. The van der Waals surface area contributed by atoms with Crippen molar-refractivity contribution < 1.29 is 14.9 Å². The van der Waals surface area contributed by atoms with E-state index in [1.807, 2.05) is 0 Å². The van der Waals surface area contributed by atoms with Crippen LogP contribution in [0.5, 0.6) is 0 Å². The van der Waals surface area contributed by atoms with Gasteiger partial charge < -0.3 is 14.9 Å². The third kappa shape index (κ3) is 2.81. The Morgan fingerprint density at radius 2 is 2.24 bits per heavy atom. The Bertz CT molecular complexity index is 241. The van der Waals surface area contributed by atoms with Gasteiger partial charge in [-0.2, -0.15) is 0 Å². The molecule has 0 spiro atoms. The molecule has 2 fully saturated rings. The summed E-state index contributed by atoms with van der Waals surface area (Å²) in [6.45, 7) is 5.99. The Balaban J connectivity index is 1.98. The van der Waals surface area contributed by atoms with E-state index in [0.29, 0.717) is 12.5 Å². The highest BCUT2D eigenvalue weighted by Gasteiger charge is 2.39. The third-order valence-corrected chi connectivity index (χ3v) is 4.46. The Hall–Kier alpha value is -0.160. The van der Waals surface area contributed by atoms with Gasteiger partial charge in [-0.3, -0.25) is 4.90 Å². The third-order valence-electron chi connectivity index (χ3n) is 4.46. The fourth-order valence-corrected chi connectivity index (χ4v) is 3.22. The number of likely N-dealkylation sites (tertiary alicyclic amines) is 1. The molecule has 0 aromatic heterocycles. The normalized spacial score (nSPS) is 39.7. The predicted octanol–water partition coefficient (Wildman–Crippen LogP) is 0.478. The number of ether oxygens (including phenoxy) is 1. The van der Waals surface area contributed by atoms with E-state index in [2.05, 4.69) is 11.8 Å². The zero-order chi connectivity index (χ0) is 12.3. The maximum absolute atomic E-state index is 9.66. The standard InChI is InChI=1S/C13H25NO3/c1-11-3-5-14(12(11)7-15)8-13(9-16)4-2-6-17-10-13/h11-12,15-16H,2-10H2,1H3.